The minimum Gasteiger partial charge on any atom is -0.254 e. The quantitative estimate of drug-likeness (QED) is 0.339. The second kappa shape index (κ2) is 7.70. The summed E-state index contributed by atoms with van der Waals surface area (Å²) in [6.45, 7) is 0. The Labute approximate surface area is 179 Å². The molecule has 0 aliphatic rings. The smallest absolute Gasteiger partial charge is 0.0782 e. The molecule has 0 fully saturated rings. The SMILES string of the molecule is Clc1cnc(-c2cc(Cl)c(Cl)c(Cl)c2)c(-c2cc(Cl)c(Cl)c(Cl)c2)c1. The average Bonchev–Trinajstić information content (AvgIpc) is 2.56. The summed E-state index contributed by atoms with van der Waals surface area (Å²) in [6.07, 6.45) is 1.52. The maximum atomic E-state index is 6.15. The Morgan fingerprint density at radius 3 is 1.48 bits per heavy atom. The van der Waals surface area contributed by atoms with E-state index in [1.54, 1.807) is 30.3 Å². The third-order valence-corrected chi connectivity index (χ3v) is 6.01. The van der Waals surface area contributed by atoms with Crippen molar-refractivity contribution in [1.82, 2.24) is 4.98 Å². The molecule has 3 rings (SSSR count). The van der Waals surface area contributed by atoms with Crippen molar-refractivity contribution in [2.45, 2.75) is 0 Å². The van der Waals surface area contributed by atoms with Crippen LogP contribution in [-0.2, 0) is 0 Å². The summed E-state index contributed by atoms with van der Waals surface area (Å²) in [5.41, 5.74) is 2.67. The van der Waals surface area contributed by atoms with Crippen molar-refractivity contribution in [3.8, 4) is 22.4 Å². The zero-order valence-corrected chi connectivity index (χ0v) is 17.3. The van der Waals surface area contributed by atoms with E-state index in [0.29, 0.717) is 47.5 Å². The third kappa shape index (κ3) is 3.99. The molecule has 0 saturated heterocycles. The average molecular weight is 472 g/mol. The lowest BCUT2D eigenvalue weighted by atomic mass is 9.99. The Morgan fingerprint density at radius 1 is 0.560 bits per heavy atom. The minimum atomic E-state index is 0.278. The second-order valence-electron chi connectivity index (χ2n) is 5.06. The molecule has 1 aromatic heterocycles. The van der Waals surface area contributed by atoms with Crippen molar-refractivity contribution in [2.24, 2.45) is 0 Å². The standard InChI is InChI=1S/C17H6Cl7N/c18-9-5-10(7-1-11(19)15(23)12(20)2-7)17(25-6-9)8-3-13(21)16(24)14(22)4-8/h1-6H. The zero-order chi connectivity index (χ0) is 18.3. The van der Waals surface area contributed by atoms with Gasteiger partial charge in [-0.05, 0) is 35.9 Å². The molecule has 3 aromatic rings. The van der Waals surface area contributed by atoms with Crippen LogP contribution in [0, 0.1) is 0 Å². The van der Waals surface area contributed by atoms with Gasteiger partial charge in [0.2, 0.25) is 0 Å². The van der Waals surface area contributed by atoms with E-state index < -0.39 is 0 Å². The van der Waals surface area contributed by atoms with Crippen LogP contribution in [0.5, 0.6) is 0 Å². The van der Waals surface area contributed by atoms with Crippen LogP contribution in [0.25, 0.3) is 22.4 Å². The molecule has 0 aliphatic carbocycles. The van der Waals surface area contributed by atoms with Gasteiger partial charge in [0.1, 0.15) is 0 Å². The molecule has 128 valence electrons. The number of aromatic nitrogens is 1. The summed E-state index contributed by atoms with van der Waals surface area (Å²) in [4.78, 5) is 4.41. The highest BCUT2D eigenvalue weighted by Gasteiger charge is 2.16. The molecule has 0 unspecified atom stereocenters. The lowest BCUT2D eigenvalue weighted by Crippen LogP contribution is -1.91. The zero-order valence-electron chi connectivity index (χ0n) is 12.1. The predicted octanol–water partition coefficient (Wildman–Crippen LogP) is 8.99. The monoisotopic (exact) mass is 469 g/mol. The summed E-state index contributed by atoms with van der Waals surface area (Å²) in [6, 6.07) is 8.47. The Hall–Kier alpha value is -0.380. The van der Waals surface area contributed by atoms with E-state index in [2.05, 4.69) is 4.98 Å². The number of pyridine rings is 1. The first kappa shape index (κ1) is 19.4. The predicted molar refractivity (Wildman–Crippen MR) is 110 cm³/mol. The molecule has 8 heteroatoms. The summed E-state index contributed by atoms with van der Waals surface area (Å²) in [5, 5.41) is 2.29. The molecule has 0 atom stereocenters. The van der Waals surface area contributed by atoms with Crippen molar-refractivity contribution in [2.75, 3.05) is 0 Å². The van der Waals surface area contributed by atoms with Crippen LogP contribution in [-0.4, -0.2) is 4.98 Å². The molecule has 0 bridgehead atoms. The topological polar surface area (TPSA) is 12.9 Å². The van der Waals surface area contributed by atoms with E-state index in [1.165, 1.54) is 6.20 Å². The van der Waals surface area contributed by atoms with Gasteiger partial charge in [-0.3, -0.25) is 4.98 Å². The number of rotatable bonds is 2. The maximum Gasteiger partial charge on any atom is 0.0782 e. The number of hydrogen-bond donors (Lipinski definition) is 0. The molecule has 0 spiro atoms. The van der Waals surface area contributed by atoms with Gasteiger partial charge in [0.05, 0.1) is 40.9 Å². The van der Waals surface area contributed by atoms with E-state index in [4.69, 9.17) is 81.2 Å². The molecule has 0 aliphatic heterocycles. The van der Waals surface area contributed by atoms with Gasteiger partial charge in [-0.2, -0.15) is 0 Å². The summed E-state index contributed by atoms with van der Waals surface area (Å²) < 4.78 is 0. The summed E-state index contributed by atoms with van der Waals surface area (Å²) >= 11 is 42.8. The highest BCUT2D eigenvalue weighted by Crippen LogP contribution is 2.41. The number of benzene rings is 2. The van der Waals surface area contributed by atoms with Gasteiger partial charge in [0.25, 0.3) is 0 Å². The first-order valence-electron chi connectivity index (χ1n) is 6.73. The molecular weight excluding hydrogens is 466 g/mol. The molecule has 0 amide bonds. The van der Waals surface area contributed by atoms with Crippen LogP contribution < -0.4 is 0 Å². The van der Waals surface area contributed by atoms with E-state index in [-0.39, 0.29) is 10.0 Å². The van der Waals surface area contributed by atoms with Gasteiger partial charge < -0.3 is 0 Å². The van der Waals surface area contributed by atoms with Crippen molar-refractivity contribution in [3.05, 3.63) is 71.7 Å². The van der Waals surface area contributed by atoms with Crippen LogP contribution >= 0.6 is 81.2 Å². The number of nitrogens with zero attached hydrogens (tertiary/aromatic N) is 1. The Balaban J connectivity index is 2.27. The van der Waals surface area contributed by atoms with Gasteiger partial charge in [-0.15, -0.1) is 0 Å². The van der Waals surface area contributed by atoms with Crippen LogP contribution in [0.1, 0.15) is 0 Å². The van der Waals surface area contributed by atoms with Gasteiger partial charge >= 0.3 is 0 Å². The van der Waals surface area contributed by atoms with Crippen molar-refractivity contribution < 1.29 is 0 Å². The molecule has 2 aromatic carbocycles. The first-order valence-corrected chi connectivity index (χ1v) is 9.38. The molecule has 1 nitrogen and oxygen atoms in total. The maximum absolute atomic E-state index is 6.15. The third-order valence-electron chi connectivity index (χ3n) is 3.41. The molecule has 25 heavy (non-hydrogen) atoms. The highest BCUT2D eigenvalue weighted by molar-refractivity contribution is 6.49. The molecule has 0 N–H and O–H groups in total. The first-order chi connectivity index (χ1) is 11.8. The van der Waals surface area contributed by atoms with Gasteiger partial charge in [0.15, 0.2) is 0 Å². The number of halogens is 7. The minimum absolute atomic E-state index is 0.278. The Morgan fingerprint density at radius 2 is 1.00 bits per heavy atom. The van der Waals surface area contributed by atoms with E-state index >= 15 is 0 Å². The van der Waals surface area contributed by atoms with Crippen LogP contribution in [0.2, 0.25) is 35.2 Å². The summed E-state index contributed by atoms with van der Waals surface area (Å²) in [5.74, 6) is 0. The second-order valence-corrected chi connectivity index (χ2v) is 7.88. The van der Waals surface area contributed by atoms with Gasteiger partial charge in [-0.1, -0.05) is 81.2 Å². The molecule has 1 heterocycles. The van der Waals surface area contributed by atoms with Gasteiger partial charge in [-0.25, -0.2) is 0 Å². The normalized spacial score (nSPS) is 11.0. The summed E-state index contributed by atoms with van der Waals surface area (Å²) in [7, 11) is 0. The fourth-order valence-corrected chi connectivity index (χ4v) is 3.64. The Kier molecular flexibility index (Phi) is 5.97. The lowest BCUT2D eigenvalue weighted by Gasteiger charge is -2.13. The van der Waals surface area contributed by atoms with E-state index in [0.717, 1.165) is 0 Å². The fraction of sp³-hybridized carbons (Fsp3) is 0. The van der Waals surface area contributed by atoms with Crippen molar-refractivity contribution in [3.63, 3.8) is 0 Å². The molecule has 0 radical (unpaired) electrons. The molecule has 0 saturated carbocycles. The lowest BCUT2D eigenvalue weighted by molar-refractivity contribution is 1.32. The number of hydrogen-bond acceptors (Lipinski definition) is 1. The van der Waals surface area contributed by atoms with Crippen molar-refractivity contribution >= 4 is 81.2 Å². The largest absolute Gasteiger partial charge is 0.254 e. The van der Waals surface area contributed by atoms with Crippen LogP contribution in [0.3, 0.4) is 0 Å². The molecular formula is C17H6Cl7N. The Bertz CT molecular complexity index is 939. The van der Waals surface area contributed by atoms with E-state index in [1.807, 2.05) is 0 Å². The fourth-order valence-electron chi connectivity index (χ4n) is 2.29. The highest BCUT2D eigenvalue weighted by atomic mass is 35.5. The van der Waals surface area contributed by atoms with Crippen LogP contribution in [0.15, 0.2) is 36.5 Å². The van der Waals surface area contributed by atoms with E-state index in [9.17, 15) is 0 Å². The van der Waals surface area contributed by atoms with Crippen LogP contribution in [0.4, 0.5) is 0 Å². The van der Waals surface area contributed by atoms with Gasteiger partial charge in [0, 0.05) is 17.3 Å². The van der Waals surface area contributed by atoms with Crippen molar-refractivity contribution in [1.29, 1.82) is 0 Å².